The van der Waals surface area contributed by atoms with E-state index in [0.717, 1.165) is 41.2 Å². The van der Waals surface area contributed by atoms with Crippen molar-refractivity contribution >= 4 is 5.91 Å². The van der Waals surface area contributed by atoms with Gasteiger partial charge in [0.1, 0.15) is 17.2 Å². The third-order valence-electron chi connectivity index (χ3n) is 6.76. The smallest absolute Gasteiger partial charge is 0.270 e. The fourth-order valence-electron chi connectivity index (χ4n) is 4.62. The van der Waals surface area contributed by atoms with Gasteiger partial charge in [0.2, 0.25) is 0 Å². The Labute approximate surface area is 189 Å². The highest BCUT2D eigenvalue weighted by Crippen LogP contribution is 2.38. The summed E-state index contributed by atoms with van der Waals surface area (Å²) in [5, 5.41) is 3.25. The molecule has 0 radical (unpaired) electrons. The molecule has 32 heavy (non-hydrogen) atoms. The summed E-state index contributed by atoms with van der Waals surface area (Å²) in [5.41, 5.74) is 3.28. The van der Waals surface area contributed by atoms with Crippen LogP contribution in [0.25, 0.3) is 16.8 Å². The summed E-state index contributed by atoms with van der Waals surface area (Å²) in [6, 6.07) is 13.9. The molecule has 1 aliphatic carbocycles. The fraction of sp³-hybridized carbons (Fsp3) is 0.385. The molecular formula is C26H31N3O3. The van der Waals surface area contributed by atoms with E-state index in [0.29, 0.717) is 17.5 Å². The maximum atomic E-state index is 13.1. The van der Waals surface area contributed by atoms with Crippen LogP contribution in [0.3, 0.4) is 0 Å². The topological polar surface area (TPSA) is 65.4 Å². The van der Waals surface area contributed by atoms with Crippen molar-refractivity contribution in [1.29, 1.82) is 0 Å². The number of hydrogen-bond acceptors (Lipinski definition) is 4. The maximum absolute atomic E-state index is 13.1. The van der Waals surface area contributed by atoms with E-state index in [1.54, 1.807) is 26.7 Å². The van der Waals surface area contributed by atoms with Gasteiger partial charge in [-0.2, -0.15) is 0 Å². The maximum Gasteiger partial charge on any atom is 0.270 e. The van der Waals surface area contributed by atoms with Crippen LogP contribution in [-0.4, -0.2) is 35.7 Å². The number of aromatic nitrogens is 2. The normalized spacial score (nSPS) is 20.6. The second kappa shape index (κ2) is 9.47. The lowest BCUT2D eigenvalue weighted by Crippen LogP contribution is -2.44. The first-order valence-corrected chi connectivity index (χ1v) is 11.2. The summed E-state index contributed by atoms with van der Waals surface area (Å²) in [6.45, 7) is 4.50. The van der Waals surface area contributed by atoms with Gasteiger partial charge in [-0.15, -0.1) is 0 Å². The van der Waals surface area contributed by atoms with Crippen molar-refractivity contribution in [2.24, 2.45) is 11.8 Å². The average molecular weight is 434 g/mol. The second-order valence-corrected chi connectivity index (χ2v) is 8.58. The van der Waals surface area contributed by atoms with Gasteiger partial charge in [-0.25, -0.2) is 4.98 Å². The number of hydrogen-bond donors (Lipinski definition) is 1. The summed E-state index contributed by atoms with van der Waals surface area (Å²) in [7, 11) is 3.30. The van der Waals surface area contributed by atoms with E-state index in [1.807, 2.05) is 47.0 Å². The van der Waals surface area contributed by atoms with E-state index >= 15 is 0 Å². The molecule has 168 valence electrons. The number of nitrogens with zero attached hydrogens (tertiary/aromatic N) is 2. The minimum Gasteiger partial charge on any atom is -0.496 e. The first-order chi connectivity index (χ1) is 15.5. The molecule has 0 spiro atoms. The molecule has 0 unspecified atom stereocenters. The van der Waals surface area contributed by atoms with Gasteiger partial charge in [0.25, 0.3) is 5.91 Å². The molecule has 0 saturated heterocycles. The van der Waals surface area contributed by atoms with Gasteiger partial charge in [0.05, 0.1) is 32.3 Å². The molecule has 0 bridgehead atoms. The summed E-state index contributed by atoms with van der Waals surface area (Å²) < 4.78 is 12.9. The lowest BCUT2D eigenvalue weighted by molar-refractivity contribution is 0.0884. The quantitative estimate of drug-likeness (QED) is 0.587. The van der Waals surface area contributed by atoms with E-state index in [4.69, 9.17) is 9.47 Å². The van der Waals surface area contributed by atoms with Gasteiger partial charge in [0, 0.05) is 11.7 Å². The minimum absolute atomic E-state index is 0.0797. The Bertz CT molecular complexity index is 1050. The van der Waals surface area contributed by atoms with Gasteiger partial charge < -0.3 is 14.8 Å². The van der Waals surface area contributed by atoms with Gasteiger partial charge >= 0.3 is 0 Å². The molecule has 1 heterocycles. The van der Waals surface area contributed by atoms with E-state index in [2.05, 4.69) is 24.1 Å². The molecule has 1 aromatic heterocycles. The van der Waals surface area contributed by atoms with Crippen LogP contribution in [0.15, 0.2) is 55.0 Å². The fourth-order valence-corrected chi connectivity index (χ4v) is 4.62. The zero-order valence-corrected chi connectivity index (χ0v) is 19.2. The zero-order chi connectivity index (χ0) is 22.7. The van der Waals surface area contributed by atoms with Crippen molar-refractivity contribution in [3.05, 3.63) is 60.7 Å². The summed E-state index contributed by atoms with van der Waals surface area (Å²) in [6.07, 6.45) is 6.73. The van der Waals surface area contributed by atoms with Crippen molar-refractivity contribution < 1.29 is 14.3 Å². The van der Waals surface area contributed by atoms with E-state index in [-0.39, 0.29) is 11.9 Å². The summed E-state index contributed by atoms with van der Waals surface area (Å²) in [5.74, 6) is 2.51. The van der Waals surface area contributed by atoms with Crippen LogP contribution < -0.4 is 14.8 Å². The Hall–Kier alpha value is -3.28. The zero-order valence-electron chi connectivity index (χ0n) is 19.2. The Morgan fingerprint density at radius 2 is 1.72 bits per heavy atom. The monoisotopic (exact) mass is 433 g/mol. The standard InChI is InChI=1S/C26H31N3O3/c1-17-7-5-8-21(18(17)2)28-26(30)22-15-27-16-29(22)20-13-11-19(12-14-20)25-23(31-3)9-6-10-24(25)32-4/h6,9-18,21H,5,7-8H2,1-4H3,(H,28,30)/t17-,18+,21+/m0/s1. The number of carbonyl (C=O) groups excluding carboxylic acids is 1. The highest BCUT2D eigenvalue weighted by molar-refractivity contribution is 5.93. The van der Waals surface area contributed by atoms with Crippen LogP contribution in [-0.2, 0) is 0 Å². The van der Waals surface area contributed by atoms with Gasteiger partial charge in [0.15, 0.2) is 0 Å². The number of ether oxygens (including phenoxy) is 2. The van der Waals surface area contributed by atoms with Crippen molar-refractivity contribution in [3.63, 3.8) is 0 Å². The molecule has 3 atom stereocenters. The van der Waals surface area contributed by atoms with Crippen molar-refractivity contribution in [2.45, 2.75) is 39.2 Å². The predicted molar refractivity (Wildman–Crippen MR) is 126 cm³/mol. The first-order valence-electron chi connectivity index (χ1n) is 11.2. The second-order valence-electron chi connectivity index (χ2n) is 8.58. The van der Waals surface area contributed by atoms with E-state index < -0.39 is 0 Å². The molecule has 1 fully saturated rings. The van der Waals surface area contributed by atoms with Crippen molar-refractivity contribution in [3.8, 4) is 28.3 Å². The molecule has 1 aliphatic rings. The van der Waals surface area contributed by atoms with Gasteiger partial charge in [-0.05, 0) is 48.1 Å². The number of nitrogens with one attached hydrogen (secondary N) is 1. The van der Waals surface area contributed by atoms with E-state index in [1.165, 1.54) is 6.42 Å². The van der Waals surface area contributed by atoms with E-state index in [9.17, 15) is 4.79 Å². The van der Waals surface area contributed by atoms with Crippen molar-refractivity contribution in [1.82, 2.24) is 14.9 Å². The van der Waals surface area contributed by atoms with Crippen LogP contribution in [0, 0.1) is 11.8 Å². The van der Waals surface area contributed by atoms with Crippen molar-refractivity contribution in [2.75, 3.05) is 14.2 Å². The Balaban J connectivity index is 1.58. The van der Waals surface area contributed by atoms with Crippen LogP contribution in [0.5, 0.6) is 11.5 Å². The largest absolute Gasteiger partial charge is 0.496 e. The highest BCUT2D eigenvalue weighted by Gasteiger charge is 2.29. The molecular weight excluding hydrogens is 402 g/mol. The van der Waals surface area contributed by atoms with Gasteiger partial charge in [-0.3, -0.25) is 9.36 Å². The Kier molecular flexibility index (Phi) is 6.49. The first kappa shape index (κ1) is 21.9. The molecule has 1 N–H and O–H groups in total. The summed E-state index contributed by atoms with van der Waals surface area (Å²) >= 11 is 0. The number of rotatable bonds is 6. The molecule has 4 rings (SSSR count). The molecule has 6 nitrogen and oxygen atoms in total. The van der Waals surface area contributed by atoms with Crippen LogP contribution in [0.4, 0.5) is 0 Å². The predicted octanol–water partition coefficient (Wildman–Crippen LogP) is 5.11. The molecule has 1 amide bonds. The Morgan fingerprint density at radius 3 is 2.38 bits per heavy atom. The summed E-state index contributed by atoms with van der Waals surface area (Å²) in [4.78, 5) is 17.3. The molecule has 6 heteroatoms. The number of imidazole rings is 1. The number of carbonyl (C=O) groups is 1. The van der Waals surface area contributed by atoms with Crippen LogP contribution in [0.2, 0.25) is 0 Å². The SMILES string of the molecule is COc1cccc(OC)c1-c1ccc(-n2cncc2C(=O)N[C@@H]2CCC[C@H](C)[C@H]2C)cc1. The minimum atomic E-state index is -0.0797. The van der Waals surface area contributed by atoms with Crippen LogP contribution >= 0.6 is 0 Å². The molecule has 1 saturated carbocycles. The molecule has 2 aromatic carbocycles. The number of methoxy groups -OCH3 is 2. The lowest BCUT2D eigenvalue weighted by Gasteiger charge is -2.34. The highest BCUT2D eigenvalue weighted by atomic mass is 16.5. The third kappa shape index (κ3) is 4.22. The lowest BCUT2D eigenvalue weighted by atomic mass is 9.78. The van der Waals surface area contributed by atoms with Gasteiger partial charge in [-0.1, -0.05) is 44.9 Å². The number of amides is 1. The average Bonchev–Trinajstić information content (AvgIpc) is 3.31. The Morgan fingerprint density at radius 1 is 1.03 bits per heavy atom. The van der Waals surface area contributed by atoms with Crippen LogP contribution in [0.1, 0.15) is 43.6 Å². The third-order valence-corrected chi connectivity index (χ3v) is 6.76. The molecule has 3 aromatic rings. The molecule has 0 aliphatic heterocycles. The number of benzene rings is 2.